The van der Waals surface area contributed by atoms with E-state index in [2.05, 4.69) is 67.7 Å². The van der Waals surface area contributed by atoms with Crippen molar-refractivity contribution < 1.29 is 18.4 Å². The lowest BCUT2D eigenvalue weighted by Crippen LogP contribution is -2.42. The zero-order valence-corrected chi connectivity index (χ0v) is 20.1. The Morgan fingerprint density at radius 3 is 1.60 bits per heavy atom. The first-order valence-electron chi connectivity index (χ1n) is 8.98. The number of carbonyl (C=O) groups excluding carboxylic acids is 2. The van der Waals surface area contributed by atoms with Gasteiger partial charge in [0.15, 0.2) is 0 Å². The van der Waals surface area contributed by atoms with Crippen LogP contribution in [0, 0.1) is 0 Å². The molecule has 25 heavy (non-hydrogen) atoms. The fourth-order valence-electron chi connectivity index (χ4n) is 1.55. The molecular formula is C19H38O4Si2. The van der Waals surface area contributed by atoms with Crippen molar-refractivity contribution in [1.82, 2.24) is 0 Å². The molecule has 0 saturated carbocycles. The predicted octanol–water partition coefficient (Wildman–Crippen LogP) is 5.81. The van der Waals surface area contributed by atoms with Crippen molar-refractivity contribution in [2.75, 3.05) is 0 Å². The van der Waals surface area contributed by atoms with Gasteiger partial charge in [0.1, 0.15) is 5.78 Å². The van der Waals surface area contributed by atoms with Gasteiger partial charge in [0.25, 0.3) is 14.3 Å². The molecule has 0 aromatic carbocycles. The van der Waals surface area contributed by atoms with Crippen LogP contribution in [0.1, 0.15) is 61.3 Å². The predicted molar refractivity (Wildman–Crippen MR) is 110 cm³/mol. The number of allylic oxidation sites excluding steroid dienone is 1. The molecule has 146 valence electrons. The quantitative estimate of drug-likeness (QED) is 0.409. The monoisotopic (exact) mass is 386 g/mol. The third-order valence-electron chi connectivity index (χ3n) is 5.29. The third-order valence-corrected chi connectivity index (χ3v) is 14.0. The van der Waals surface area contributed by atoms with Crippen LogP contribution >= 0.6 is 0 Å². The first kappa shape index (κ1) is 24.1. The van der Waals surface area contributed by atoms with Crippen LogP contribution in [0.2, 0.25) is 36.3 Å². The van der Waals surface area contributed by atoms with Crippen LogP contribution in [-0.4, -0.2) is 28.4 Å². The lowest BCUT2D eigenvalue weighted by molar-refractivity contribution is -0.134. The summed E-state index contributed by atoms with van der Waals surface area (Å²) in [5.41, 5.74) is 0. The highest BCUT2D eigenvalue weighted by atomic mass is 28.4. The molecule has 6 heteroatoms. The van der Waals surface area contributed by atoms with Crippen molar-refractivity contribution >= 4 is 28.4 Å². The molecule has 0 radical (unpaired) electrons. The molecule has 4 nitrogen and oxygen atoms in total. The fourth-order valence-corrected chi connectivity index (χ4v) is 3.63. The molecule has 0 bridgehead atoms. The maximum Gasteiger partial charge on any atom is 0.296 e. The van der Waals surface area contributed by atoms with Gasteiger partial charge in [-0.3, -0.25) is 9.59 Å². The van der Waals surface area contributed by atoms with E-state index >= 15 is 0 Å². The maximum absolute atomic E-state index is 12.3. The van der Waals surface area contributed by atoms with Crippen LogP contribution in [0.4, 0.5) is 0 Å². The highest BCUT2D eigenvalue weighted by Gasteiger charge is 2.41. The second kappa shape index (κ2) is 8.21. The minimum absolute atomic E-state index is 0.0216. The van der Waals surface area contributed by atoms with Crippen LogP contribution in [0.15, 0.2) is 11.8 Å². The van der Waals surface area contributed by atoms with Crippen LogP contribution in [0.3, 0.4) is 0 Å². The molecule has 0 N–H and O–H groups in total. The zero-order chi connectivity index (χ0) is 20.3. The van der Waals surface area contributed by atoms with Gasteiger partial charge in [-0.25, -0.2) is 0 Å². The van der Waals surface area contributed by atoms with E-state index in [1.54, 1.807) is 6.08 Å². The second-order valence-electron chi connectivity index (χ2n) is 9.85. The standard InChI is InChI=1S/C19H38O4Si2/c1-15(20)14-16(22-24(8,9)18(2,3)4)12-13-17(21)23-25(10,11)19(5,6)7/h12H,13-14H2,1-11H3/b16-12-. The van der Waals surface area contributed by atoms with Crippen molar-refractivity contribution in [2.24, 2.45) is 0 Å². The Labute approximate surface area is 156 Å². The van der Waals surface area contributed by atoms with E-state index in [0.717, 1.165) is 0 Å². The van der Waals surface area contributed by atoms with Gasteiger partial charge in [-0.15, -0.1) is 0 Å². The molecule has 0 atom stereocenters. The molecule has 0 fully saturated rings. The second-order valence-corrected chi connectivity index (χ2v) is 19.3. The number of Topliss-reactive ketones (excluding diaryl/α,β-unsaturated/α-hetero) is 1. The lowest BCUT2D eigenvalue weighted by Gasteiger charge is -2.37. The first-order valence-corrected chi connectivity index (χ1v) is 14.8. The van der Waals surface area contributed by atoms with E-state index < -0.39 is 16.6 Å². The Morgan fingerprint density at radius 2 is 1.24 bits per heavy atom. The molecule has 0 aromatic rings. The Balaban J connectivity index is 5.19. The molecule has 0 aromatic heterocycles. The van der Waals surface area contributed by atoms with Gasteiger partial charge >= 0.3 is 0 Å². The normalized spacial score (nSPS) is 14.3. The number of hydrogen-bond acceptors (Lipinski definition) is 4. The SMILES string of the molecule is CC(=O)C/C(=C/CC(=O)O[Si](C)(C)C(C)(C)C)O[Si](C)(C)C(C)(C)C. The summed E-state index contributed by atoms with van der Waals surface area (Å²) < 4.78 is 12.0. The number of carbonyl (C=O) groups is 2. The van der Waals surface area contributed by atoms with Gasteiger partial charge in [-0.2, -0.15) is 0 Å². The molecule has 0 rings (SSSR count). The minimum atomic E-state index is -2.13. The fraction of sp³-hybridized carbons (Fsp3) is 0.789. The van der Waals surface area contributed by atoms with Crippen molar-refractivity contribution in [2.45, 2.75) is 97.6 Å². The van der Waals surface area contributed by atoms with Crippen LogP contribution < -0.4 is 0 Å². The van der Waals surface area contributed by atoms with E-state index in [4.69, 9.17) is 8.85 Å². The van der Waals surface area contributed by atoms with Crippen molar-refractivity contribution in [3.63, 3.8) is 0 Å². The summed E-state index contributed by atoms with van der Waals surface area (Å²) in [6.07, 6.45) is 2.10. The highest BCUT2D eigenvalue weighted by molar-refractivity contribution is 6.75. The average molecular weight is 387 g/mol. The molecule has 0 aliphatic rings. The maximum atomic E-state index is 12.3. The number of rotatable bonds is 7. The molecule has 0 heterocycles. The highest BCUT2D eigenvalue weighted by Crippen LogP contribution is 2.39. The Morgan fingerprint density at radius 1 is 0.840 bits per heavy atom. The van der Waals surface area contributed by atoms with Crippen molar-refractivity contribution in [1.29, 1.82) is 0 Å². The molecular weight excluding hydrogens is 348 g/mol. The molecule has 0 unspecified atom stereocenters. The summed E-state index contributed by atoms with van der Waals surface area (Å²) in [7, 11) is -4.17. The van der Waals surface area contributed by atoms with E-state index in [1.165, 1.54) is 6.92 Å². The van der Waals surface area contributed by atoms with E-state index in [-0.39, 0.29) is 34.7 Å². The lowest BCUT2D eigenvalue weighted by atomic mass is 10.2. The molecule has 0 saturated heterocycles. The summed E-state index contributed by atoms with van der Waals surface area (Å²) in [6, 6.07) is 0. The zero-order valence-electron chi connectivity index (χ0n) is 18.1. The Bertz CT molecular complexity index is 521. The van der Waals surface area contributed by atoms with Gasteiger partial charge in [-0.1, -0.05) is 41.5 Å². The topological polar surface area (TPSA) is 52.6 Å². The third kappa shape index (κ3) is 7.90. The minimum Gasteiger partial charge on any atom is -0.546 e. The van der Waals surface area contributed by atoms with Gasteiger partial charge in [0.05, 0.1) is 18.6 Å². The van der Waals surface area contributed by atoms with Gasteiger partial charge in [0, 0.05) is 0 Å². The van der Waals surface area contributed by atoms with E-state index in [1.807, 2.05) is 0 Å². The number of hydrogen-bond donors (Lipinski definition) is 0. The van der Waals surface area contributed by atoms with Gasteiger partial charge in [0.2, 0.25) is 8.32 Å². The first-order chi connectivity index (χ1) is 10.9. The van der Waals surface area contributed by atoms with Crippen LogP contribution in [0.5, 0.6) is 0 Å². The Kier molecular flexibility index (Phi) is 7.92. The average Bonchev–Trinajstić information content (AvgIpc) is 2.31. The summed E-state index contributed by atoms with van der Waals surface area (Å²) in [5, 5.41) is 0.0107. The summed E-state index contributed by atoms with van der Waals surface area (Å²) in [5.74, 6) is 0.389. The van der Waals surface area contributed by atoms with E-state index in [9.17, 15) is 9.59 Å². The summed E-state index contributed by atoms with van der Waals surface area (Å²) >= 11 is 0. The molecule has 0 aliphatic carbocycles. The number of ketones is 1. The molecule has 0 spiro atoms. The van der Waals surface area contributed by atoms with Crippen molar-refractivity contribution in [3.8, 4) is 0 Å². The molecule has 0 aliphatic heterocycles. The van der Waals surface area contributed by atoms with E-state index in [0.29, 0.717) is 5.76 Å². The summed E-state index contributed by atoms with van der Waals surface area (Å²) in [6.45, 7) is 22.7. The van der Waals surface area contributed by atoms with Crippen molar-refractivity contribution in [3.05, 3.63) is 11.8 Å². The molecule has 0 amide bonds. The Hall–Kier alpha value is -0.886. The van der Waals surface area contributed by atoms with Crippen LogP contribution in [0.25, 0.3) is 0 Å². The summed E-state index contributed by atoms with van der Waals surface area (Å²) in [4.78, 5) is 23.9. The smallest absolute Gasteiger partial charge is 0.296 e. The van der Waals surface area contributed by atoms with Crippen LogP contribution in [-0.2, 0) is 18.4 Å². The van der Waals surface area contributed by atoms with Gasteiger partial charge in [-0.05, 0) is 49.3 Å². The van der Waals surface area contributed by atoms with Gasteiger partial charge < -0.3 is 8.85 Å². The largest absolute Gasteiger partial charge is 0.546 e.